The summed E-state index contributed by atoms with van der Waals surface area (Å²) in [5.41, 5.74) is 8.71. The summed E-state index contributed by atoms with van der Waals surface area (Å²) in [4.78, 5) is 15.3. The van der Waals surface area contributed by atoms with E-state index in [-0.39, 0.29) is 0 Å². The molecule has 3 rings (SSSR count). The van der Waals surface area contributed by atoms with Crippen LogP contribution in [0.4, 0.5) is 0 Å². The van der Waals surface area contributed by atoms with Crippen LogP contribution in [-0.2, 0) is 13.0 Å². The fraction of sp³-hybridized carbons (Fsp3) is 0.167. The van der Waals surface area contributed by atoms with Crippen LogP contribution < -0.4 is 5.73 Å². The van der Waals surface area contributed by atoms with Gasteiger partial charge >= 0.3 is 0 Å². The predicted octanol–water partition coefficient (Wildman–Crippen LogP) is 1.21. The Hall–Kier alpha value is -2.10. The lowest BCUT2D eigenvalue weighted by molar-refractivity contribution is 0.0986. The van der Waals surface area contributed by atoms with Gasteiger partial charge < -0.3 is 10.3 Å². The fourth-order valence-corrected chi connectivity index (χ4v) is 2.23. The van der Waals surface area contributed by atoms with E-state index in [1.807, 2.05) is 22.8 Å². The number of benzene rings is 1. The van der Waals surface area contributed by atoms with Crippen LogP contribution in [0.1, 0.15) is 16.2 Å². The Morgan fingerprint density at radius 2 is 2.19 bits per heavy atom. The van der Waals surface area contributed by atoms with Crippen LogP contribution in [0.25, 0.3) is 11.3 Å². The highest BCUT2D eigenvalue weighted by Gasteiger charge is 2.20. The average molecular weight is 213 g/mol. The molecule has 1 aliphatic heterocycles. The fourth-order valence-electron chi connectivity index (χ4n) is 2.23. The van der Waals surface area contributed by atoms with Gasteiger partial charge in [-0.1, -0.05) is 24.3 Å². The second-order valence-corrected chi connectivity index (χ2v) is 3.89. The van der Waals surface area contributed by atoms with Gasteiger partial charge in [-0.05, 0) is 12.0 Å². The van der Waals surface area contributed by atoms with E-state index in [4.69, 9.17) is 5.73 Å². The van der Waals surface area contributed by atoms with Crippen LogP contribution >= 0.6 is 0 Å². The first-order chi connectivity index (χ1) is 7.77. The second kappa shape index (κ2) is 3.20. The molecule has 1 aromatic carbocycles. The highest BCUT2D eigenvalue weighted by atomic mass is 16.1. The molecule has 0 saturated heterocycles. The van der Waals surface area contributed by atoms with Crippen molar-refractivity contribution < 1.29 is 4.79 Å². The average Bonchev–Trinajstić information content (AvgIpc) is 2.73. The molecule has 2 aromatic rings. The van der Waals surface area contributed by atoms with Crippen LogP contribution in [0.5, 0.6) is 0 Å². The SMILES string of the molecule is NC(=O)c1ncc2n1CCc1ccccc1-2. The molecule has 1 aromatic heterocycles. The summed E-state index contributed by atoms with van der Waals surface area (Å²) in [6.45, 7) is 0.768. The van der Waals surface area contributed by atoms with Crippen LogP contribution in [0, 0.1) is 0 Å². The summed E-state index contributed by atoms with van der Waals surface area (Å²) >= 11 is 0. The number of fused-ring (bicyclic) bond motifs is 3. The number of aryl methyl sites for hydroxylation is 1. The van der Waals surface area contributed by atoms with Gasteiger partial charge in [0.05, 0.1) is 11.9 Å². The van der Waals surface area contributed by atoms with Crippen molar-refractivity contribution in [3.63, 3.8) is 0 Å². The lowest BCUT2D eigenvalue weighted by atomic mass is 9.99. The van der Waals surface area contributed by atoms with Gasteiger partial charge in [0.25, 0.3) is 5.91 Å². The van der Waals surface area contributed by atoms with Crippen LogP contribution in [-0.4, -0.2) is 15.5 Å². The van der Waals surface area contributed by atoms with Gasteiger partial charge in [-0.15, -0.1) is 0 Å². The van der Waals surface area contributed by atoms with Gasteiger partial charge in [-0.2, -0.15) is 0 Å². The minimum absolute atomic E-state index is 0.351. The molecule has 0 saturated carbocycles. The Balaban J connectivity index is 2.23. The number of imidazole rings is 1. The van der Waals surface area contributed by atoms with Crippen LogP contribution in [0.2, 0.25) is 0 Å². The van der Waals surface area contributed by atoms with Crippen molar-refractivity contribution in [2.24, 2.45) is 5.73 Å². The topological polar surface area (TPSA) is 60.9 Å². The number of nitrogens with two attached hydrogens (primary N) is 1. The minimum atomic E-state index is -0.467. The molecular formula is C12H11N3O. The van der Waals surface area contributed by atoms with Crippen LogP contribution in [0.3, 0.4) is 0 Å². The molecule has 0 spiro atoms. The standard InChI is InChI=1S/C12H11N3O/c13-11(16)12-14-7-10-9-4-2-1-3-8(9)5-6-15(10)12/h1-4,7H,5-6H2,(H2,13,16). The zero-order valence-corrected chi connectivity index (χ0v) is 8.68. The number of amides is 1. The molecule has 0 aliphatic carbocycles. The van der Waals surface area contributed by atoms with E-state index in [2.05, 4.69) is 11.1 Å². The molecule has 0 radical (unpaired) electrons. The lowest BCUT2D eigenvalue weighted by Gasteiger charge is -2.19. The Labute approximate surface area is 92.7 Å². The number of aromatic nitrogens is 2. The highest BCUT2D eigenvalue weighted by Crippen LogP contribution is 2.29. The Morgan fingerprint density at radius 1 is 1.38 bits per heavy atom. The minimum Gasteiger partial charge on any atom is -0.363 e. The number of carbonyl (C=O) groups excluding carboxylic acids is 1. The van der Waals surface area contributed by atoms with Gasteiger partial charge in [0.1, 0.15) is 0 Å². The largest absolute Gasteiger partial charge is 0.363 e. The highest BCUT2D eigenvalue weighted by molar-refractivity contribution is 5.90. The van der Waals surface area contributed by atoms with E-state index in [1.165, 1.54) is 5.56 Å². The maximum atomic E-state index is 11.2. The molecule has 2 heterocycles. The molecule has 0 unspecified atom stereocenters. The zero-order valence-electron chi connectivity index (χ0n) is 8.68. The van der Waals surface area contributed by atoms with Gasteiger partial charge in [0, 0.05) is 12.1 Å². The van der Waals surface area contributed by atoms with E-state index >= 15 is 0 Å². The van der Waals surface area contributed by atoms with Gasteiger partial charge in [-0.25, -0.2) is 4.98 Å². The zero-order chi connectivity index (χ0) is 11.1. The molecule has 4 heteroatoms. The van der Waals surface area contributed by atoms with Crippen molar-refractivity contribution in [2.75, 3.05) is 0 Å². The van der Waals surface area contributed by atoms with Crippen molar-refractivity contribution in [2.45, 2.75) is 13.0 Å². The molecule has 0 fully saturated rings. The predicted molar refractivity (Wildman–Crippen MR) is 59.9 cm³/mol. The van der Waals surface area contributed by atoms with Crippen molar-refractivity contribution in [3.05, 3.63) is 41.9 Å². The van der Waals surface area contributed by atoms with Crippen molar-refractivity contribution in [3.8, 4) is 11.3 Å². The number of primary amides is 1. The summed E-state index contributed by atoms with van der Waals surface area (Å²) in [6, 6.07) is 8.17. The molecule has 4 nitrogen and oxygen atoms in total. The van der Waals surface area contributed by atoms with Gasteiger partial charge in [0.2, 0.25) is 0 Å². The third kappa shape index (κ3) is 1.16. The number of hydrogen-bond acceptors (Lipinski definition) is 2. The summed E-state index contributed by atoms with van der Waals surface area (Å²) in [5, 5.41) is 0. The molecule has 80 valence electrons. The first-order valence-corrected chi connectivity index (χ1v) is 5.21. The molecule has 0 atom stereocenters. The third-order valence-corrected chi connectivity index (χ3v) is 2.97. The summed E-state index contributed by atoms with van der Waals surface area (Å²) in [5.74, 6) is -0.116. The van der Waals surface area contributed by atoms with Crippen molar-refractivity contribution >= 4 is 5.91 Å². The lowest BCUT2D eigenvalue weighted by Crippen LogP contribution is -2.21. The Bertz CT molecular complexity index is 571. The van der Waals surface area contributed by atoms with E-state index in [0.717, 1.165) is 24.2 Å². The quantitative estimate of drug-likeness (QED) is 0.773. The first kappa shape index (κ1) is 9.15. The van der Waals surface area contributed by atoms with E-state index in [0.29, 0.717) is 5.82 Å². The monoisotopic (exact) mass is 213 g/mol. The maximum absolute atomic E-state index is 11.2. The second-order valence-electron chi connectivity index (χ2n) is 3.89. The first-order valence-electron chi connectivity index (χ1n) is 5.21. The number of rotatable bonds is 1. The van der Waals surface area contributed by atoms with Crippen molar-refractivity contribution in [1.82, 2.24) is 9.55 Å². The maximum Gasteiger partial charge on any atom is 0.284 e. The molecule has 2 N–H and O–H groups in total. The summed E-state index contributed by atoms with van der Waals surface area (Å²) in [7, 11) is 0. The number of hydrogen-bond donors (Lipinski definition) is 1. The normalized spacial score (nSPS) is 13.0. The summed E-state index contributed by atoms with van der Waals surface area (Å²) < 4.78 is 1.89. The number of nitrogens with zero attached hydrogens (tertiary/aromatic N) is 2. The molecule has 0 bridgehead atoms. The number of carbonyl (C=O) groups is 1. The van der Waals surface area contributed by atoms with Crippen LogP contribution in [0.15, 0.2) is 30.5 Å². The molecule has 1 aliphatic rings. The van der Waals surface area contributed by atoms with Gasteiger partial charge in [0.15, 0.2) is 5.82 Å². The van der Waals surface area contributed by atoms with Gasteiger partial charge in [-0.3, -0.25) is 4.79 Å². The van der Waals surface area contributed by atoms with E-state index in [1.54, 1.807) is 6.20 Å². The molecule has 16 heavy (non-hydrogen) atoms. The smallest absolute Gasteiger partial charge is 0.284 e. The van der Waals surface area contributed by atoms with Crippen molar-refractivity contribution in [1.29, 1.82) is 0 Å². The Morgan fingerprint density at radius 3 is 3.00 bits per heavy atom. The van der Waals surface area contributed by atoms with E-state index in [9.17, 15) is 4.79 Å². The molecular weight excluding hydrogens is 202 g/mol. The third-order valence-electron chi connectivity index (χ3n) is 2.97. The molecule has 1 amide bonds. The Kier molecular flexibility index (Phi) is 1.83. The van der Waals surface area contributed by atoms with E-state index < -0.39 is 5.91 Å². The summed E-state index contributed by atoms with van der Waals surface area (Å²) in [6.07, 6.45) is 2.64.